The summed E-state index contributed by atoms with van der Waals surface area (Å²) in [5.74, 6) is 6.08. The van der Waals surface area contributed by atoms with E-state index in [1.807, 2.05) is 18.3 Å². The number of hydrogen-bond acceptors (Lipinski definition) is 6. The second kappa shape index (κ2) is 5.02. The molecule has 5 nitrogen and oxygen atoms in total. The lowest BCUT2D eigenvalue weighted by atomic mass is 10.1. The number of nitrogens with zero attached hydrogens (tertiary/aromatic N) is 2. The molecule has 6 heteroatoms. The topological polar surface area (TPSA) is 89.8 Å². The van der Waals surface area contributed by atoms with Crippen LogP contribution in [0.25, 0.3) is 0 Å². The lowest BCUT2D eigenvalue weighted by Crippen LogP contribution is -2.29. The predicted molar refractivity (Wildman–Crippen MR) is 64.5 cm³/mol. The Hall–Kier alpha value is -1.50. The molecule has 5 N–H and O–H groups in total. The van der Waals surface area contributed by atoms with Gasteiger partial charge in [-0.3, -0.25) is 16.3 Å². The zero-order chi connectivity index (χ0) is 11.4. The van der Waals surface area contributed by atoms with E-state index in [0.717, 1.165) is 10.4 Å². The van der Waals surface area contributed by atoms with Gasteiger partial charge in [0.25, 0.3) is 0 Å². The van der Waals surface area contributed by atoms with Crippen molar-refractivity contribution in [2.45, 2.75) is 12.5 Å². The summed E-state index contributed by atoms with van der Waals surface area (Å²) in [7, 11) is 0. The summed E-state index contributed by atoms with van der Waals surface area (Å²) in [6.07, 6.45) is 4.19. The predicted octanol–water partition coefficient (Wildman–Crippen LogP) is 0.867. The lowest BCUT2D eigenvalue weighted by molar-refractivity contribution is 0.560. The monoisotopic (exact) mass is 235 g/mol. The van der Waals surface area contributed by atoms with Gasteiger partial charge in [-0.25, -0.2) is 4.98 Å². The minimum Gasteiger partial charge on any atom is -0.383 e. The van der Waals surface area contributed by atoms with Gasteiger partial charge in [-0.15, -0.1) is 11.3 Å². The lowest BCUT2D eigenvalue weighted by Gasteiger charge is -2.14. The van der Waals surface area contributed by atoms with Gasteiger partial charge in [0.1, 0.15) is 5.82 Å². The van der Waals surface area contributed by atoms with Crippen LogP contribution in [0.2, 0.25) is 0 Å². The maximum atomic E-state index is 5.79. The van der Waals surface area contributed by atoms with Gasteiger partial charge in [0.15, 0.2) is 0 Å². The summed E-state index contributed by atoms with van der Waals surface area (Å²) in [5, 5.41) is 0. The molecule has 2 heterocycles. The minimum atomic E-state index is 0.0269. The highest BCUT2D eigenvalue weighted by Crippen LogP contribution is 2.22. The second-order valence-electron chi connectivity index (χ2n) is 3.37. The van der Waals surface area contributed by atoms with Gasteiger partial charge < -0.3 is 5.73 Å². The van der Waals surface area contributed by atoms with E-state index in [0.29, 0.717) is 12.2 Å². The molecule has 0 radical (unpaired) electrons. The Morgan fingerprint density at radius 3 is 3.00 bits per heavy atom. The molecular weight excluding hydrogens is 222 g/mol. The maximum absolute atomic E-state index is 5.79. The Kier molecular flexibility index (Phi) is 3.45. The summed E-state index contributed by atoms with van der Waals surface area (Å²) >= 11 is 1.57. The van der Waals surface area contributed by atoms with E-state index in [1.165, 1.54) is 0 Å². The van der Waals surface area contributed by atoms with Crippen molar-refractivity contribution in [2.24, 2.45) is 5.84 Å². The highest BCUT2D eigenvalue weighted by atomic mass is 32.1. The van der Waals surface area contributed by atoms with Crippen LogP contribution in [0.15, 0.2) is 30.0 Å². The minimum absolute atomic E-state index is 0.0269. The van der Waals surface area contributed by atoms with Crippen LogP contribution in [0, 0.1) is 0 Å². The third kappa shape index (κ3) is 2.35. The highest BCUT2D eigenvalue weighted by Gasteiger charge is 2.13. The zero-order valence-corrected chi connectivity index (χ0v) is 9.45. The number of anilines is 1. The fraction of sp³-hybridized carbons (Fsp3) is 0.200. The number of nitrogens with one attached hydrogen (secondary N) is 1. The van der Waals surface area contributed by atoms with Crippen molar-refractivity contribution < 1.29 is 0 Å². The molecule has 16 heavy (non-hydrogen) atoms. The molecule has 0 saturated heterocycles. The smallest absolute Gasteiger partial charge is 0.126 e. The van der Waals surface area contributed by atoms with Crippen LogP contribution >= 0.6 is 11.3 Å². The van der Waals surface area contributed by atoms with Gasteiger partial charge in [0, 0.05) is 17.3 Å². The van der Waals surface area contributed by atoms with E-state index in [9.17, 15) is 0 Å². The van der Waals surface area contributed by atoms with Gasteiger partial charge >= 0.3 is 0 Å². The van der Waals surface area contributed by atoms with Gasteiger partial charge in [0.05, 0.1) is 11.6 Å². The maximum Gasteiger partial charge on any atom is 0.126 e. The summed E-state index contributed by atoms with van der Waals surface area (Å²) in [6, 6.07) is 3.85. The number of nitrogens with two attached hydrogens (primary N) is 2. The third-order valence-electron chi connectivity index (χ3n) is 2.35. The molecular formula is C10H13N5S. The number of hydrogen-bond donors (Lipinski definition) is 3. The van der Waals surface area contributed by atoms with Gasteiger partial charge in [-0.05, 0) is 18.1 Å². The van der Waals surface area contributed by atoms with Crippen molar-refractivity contribution in [1.82, 2.24) is 15.4 Å². The molecule has 0 spiro atoms. The summed E-state index contributed by atoms with van der Waals surface area (Å²) in [5.41, 5.74) is 11.3. The fourth-order valence-corrected chi connectivity index (χ4v) is 2.16. The van der Waals surface area contributed by atoms with Crippen LogP contribution in [0.4, 0.5) is 5.82 Å². The van der Waals surface area contributed by atoms with Crippen molar-refractivity contribution in [3.8, 4) is 0 Å². The Labute approximate surface area is 97.5 Å². The van der Waals surface area contributed by atoms with Gasteiger partial charge in [0.2, 0.25) is 0 Å². The van der Waals surface area contributed by atoms with Crippen molar-refractivity contribution in [2.75, 3.05) is 5.73 Å². The average Bonchev–Trinajstić information content (AvgIpc) is 2.81. The van der Waals surface area contributed by atoms with E-state index in [-0.39, 0.29) is 6.04 Å². The van der Waals surface area contributed by atoms with Crippen LogP contribution in [0.5, 0.6) is 0 Å². The SMILES string of the molecule is NNC(Cc1cccnc1N)c1cncs1. The fourth-order valence-electron chi connectivity index (χ4n) is 1.48. The van der Waals surface area contributed by atoms with Crippen LogP contribution in [-0.4, -0.2) is 9.97 Å². The van der Waals surface area contributed by atoms with Crippen molar-refractivity contribution in [3.63, 3.8) is 0 Å². The van der Waals surface area contributed by atoms with Crippen molar-refractivity contribution in [3.05, 3.63) is 40.5 Å². The van der Waals surface area contributed by atoms with E-state index in [2.05, 4.69) is 15.4 Å². The van der Waals surface area contributed by atoms with E-state index < -0.39 is 0 Å². The quantitative estimate of drug-likeness (QED) is 0.540. The van der Waals surface area contributed by atoms with E-state index >= 15 is 0 Å². The average molecular weight is 235 g/mol. The normalized spacial score (nSPS) is 12.6. The number of pyridine rings is 1. The Bertz CT molecular complexity index is 442. The van der Waals surface area contributed by atoms with Crippen LogP contribution < -0.4 is 17.0 Å². The number of nitrogen functional groups attached to an aromatic ring is 1. The number of hydrazine groups is 1. The van der Waals surface area contributed by atoms with Crippen LogP contribution in [0.1, 0.15) is 16.5 Å². The summed E-state index contributed by atoms with van der Waals surface area (Å²) in [4.78, 5) is 9.16. The second-order valence-corrected chi connectivity index (χ2v) is 4.29. The molecule has 0 aromatic carbocycles. The zero-order valence-electron chi connectivity index (χ0n) is 8.63. The molecule has 84 valence electrons. The standard InChI is InChI=1S/C10H13N5S/c11-10-7(2-1-3-14-10)4-8(15-12)9-5-13-6-16-9/h1-3,5-6,8,15H,4,12H2,(H2,11,14). The molecule has 2 rings (SSSR count). The van der Waals surface area contributed by atoms with Gasteiger partial charge in [-0.2, -0.15) is 0 Å². The number of rotatable bonds is 4. The molecule has 0 aliphatic carbocycles. The van der Waals surface area contributed by atoms with E-state index in [4.69, 9.17) is 11.6 Å². The Balaban J connectivity index is 2.17. The van der Waals surface area contributed by atoms with Gasteiger partial charge in [-0.1, -0.05) is 6.07 Å². The highest BCUT2D eigenvalue weighted by molar-refractivity contribution is 7.09. The first kappa shape index (κ1) is 11.0. The molecule has 0 aliphatic rings. The molecule has 2 aromatic rings. The first-order chi connectivity index (χ1) is 7.81. The first-order valence-corrected chi connectivity index (χ1v) is 5.73. The Morgan fingerprint density at radius 1 is 1.50 bits per heavy atom. The van der Waals surface area contributed by atoms with Crippen molar-refractivity contribution in [1.29, 1.82) is 0 Å². The molecule has 0 saturated carbocycles. The number of thiazole rings is 1. The largest absolute Gasteiger partial charge is 0.383 e. The summed E-state index contributed by atoms with van der Waals surface area (Å²) < 4.78 is 0. The molecule has 0 aliphatic heterocycles. The van der Waals surface area contributed by atoms with Crippen molar-refractivity contribution >= 4 is 17.2 Å². The first-order valence-electron chi connectivity index (χ1n) is 4.85. The summed E-state index contributed by atoms with van der Waals surface area (Å²) in [6.45, 7) is 0. The third-order valence-corrected chi connectivity index (χ3v) is 3.24. The number of aromatic nitrogens is 2. The molecule has 1 atom stereocenters. The molecule has 0 amide bonds. The van der Waals surface area contributed by atoms with E-state index in [1.54, 1.807) is 23.0 Å². The molecule has 0 bridgehead atoms. The van der Waals surface area contributed by atoms with Crippen LogP contribution in [-0.2, 0) is 6.42 Å². The van der Waals surface area contributed by atoms with Crippen LogP contribution in [0.3, 0.4) is 0 Å². The molecule has 1 unspecified atom stereocenters. The molecule has 2 aromatic heterocycles. The Morgan fingerprint density at radius 2 is 2.38 bits per heavy atom. The molecule has 0 fully saturated rings.